The first-order chi connectivity index (χ1) is 12.3. The van der Waals surface area contributed by atoms with Gasteiger partial charge >= 0.3 is 0 Å². The fourth-order valence-electron chi connectivity index (χ4n) is 2.27. The summed E-state index contributed by atoms with van der Waals surface area (Å²) in [6.07, 6.45) is 0.673. The van der Waals surface area contributed by atoms with Gasteiger partial charge < -0.3 is 10.1 Å². The molecule has 0 aliphatic rings. The van der Waals surface area contributed by atoms with Crippen LogP contribution >= 0.6 is 0 Å². The molecule has 0 fully saturated rings. The summed E-state index contributed by atoms with van der Waals surface area (Å²) in [5.41, 5.74) is 1.82. The van der Waals surface area contributed by atoms with E-state index in [0.717, 1.165) is 5.56 Å². The number of hydrogen-bond acceptors (Lipinski definition) is 4. The number of ether oxygens (including phenoxy) is 1. The van der Waals surface area contributed by atoms with Crippen molar-refractivity contribution in [2.45, 2.75) is 38.1 Å². The third-order valence-electron chi connectivity index (χ3n) is 4.01. The second-order valence-corrected chi connectivity index (χ2v) is 7.83. The number of nitrogens with one attached hydrogen (secondary N) is 2. The number of carbonyl (C=O) groups is 1. The molecular weight excluding hydrogens is 352 g/mol. The molecule has 2 N–H and O–H groups in total. The van der Waals surface area contributed by atoms with E-state index in [4.69, 9.17) is 4.74 Å². The van der Waals surface area contributed by atoms with E-state index in [1.165, 1.54) is 25.3 Å². The van der Waals surface area contributed by atoms with Crippen LogP contribution in [0, 0.1) is 6.92 Å². The predicted octanol–water partition coefficient (Wildman–Crippen LogP) is 3.33. The number of rotatable bonds is 7. The standard InChI is InChI=1S/C19H24N2O4S/c1-5-14(3)21-26(23,24)16-10-11-18(25-4)17(12-16)20-19(22)15-8-6-13(2)7-9-15/h6-12,14,21H,5H2,1-4H3,(H,20,22)/t14-/m1/s1. The molecule has 0 bridgehead atoms. The summed E-state index contributed by atoms with van der Waals surface area (Å²) in [5.74, 6) is 0.0423. The molecule has 2 aromatic rings. The molecule has 26 heavy (non-hydrogen) atoms. The Labute approximate surface area is 154 Å². The van der Waals surface area contributed by atoms with E-state index in [9.17, 15) is 13.2 Å². The lowest BCUT2D eigenvalue weighted by atomic mass is 10.1. The van der Waals surface area contributed by atoms with Crippen LogP contribution in [-0.4, -0.2) is 27.5 Å². The third kappa shape index (κ3) is 4.83. The average Bonchev–Trinajstić information content (AvgIpc) is 2.61. The van der Waals surface area contributed by atoms with Crippen LogP contribution in [0.15, 0.2) is 47.4 Å². The van der Waals surface area contributed by atoms with Gasteiger partial charge in [-0.25, -0.2) is 13.1 Å². The van der Waals surface area contributed by atoms with Gasteiger partial charge in [0.2, 0.25) is 10.0 Å². The summed E-state index contributed by atoms with van der Waals surface area (Å²) in [6, 6.07) is 11.3. The Morgan fingerprint density at radius 3 is 2.38 bits per heavy atom. The number of anilines is 1. The monoisotopic (exact) mass is 376 g/mol. The largest absolute Gasteiger partial charge is 0.495 e. The summed E-state index contributed by atoms with van der Waals surface area (Å²) in [7, 11) is -2.22. The fourth-order valence-corrected chi connectivity index (χ4v) is 3.62. The Hall–Kier alpha value is -2.38. The van der Waals surface area contributed by atoms with Crippen LogP contribution in [0.4, 0.5) is 5.69 Å². The topological polar surface area (TPSA) is 84.5 Å². The number of amides is 1. The van der Waals surface area contributed by atoms with Crippen molar-refractivity contribution in [3.63, 3.8) is 0 Å². The van der Waals surface area contributed by atoms with Crippen molar-refractivity contribution < 1.29 is 17.9 Å². The smallest absolute Gasteiger partial charge is 0.255 e. The molecule has 0 saturated heterocycles. The number of methoxy groups -OCH3 is 1. The van der Waals surface area contributed by atoms with Gasteiger partial charge in [0.05, 0.1) is 17.7 Å². The zero-order valence-corrected chi connectivity index (χ0v) is 16.2. The maximum atomic E-state index is 12.5. The van der Waals surface area contributed by atoms with Crippen molar-refractivity contribution in [3.8, 4) is 5.75 Å². The van der Waals surface area contributed by atoms with Crippen LogP contribution < -0.4 is 14.8 Å². The van der Waals surface area contributed by atoms with Gasteiger partial charge in [0, 0.05) is 11.6 Å². The molecule has 0 aliphatic heterocycles. The van der Waals surface area contributed by atoms with E-state index in [1.54, 1.807) is 19.1 Å². The van der Waals surface area contributed by atoms with Crippen LogP contribution in [0.1, 0.15) is 36.2 Å². The lowest BCUT2D eigenvalue weighted by molar-refractivity contribution is 0.102. The zero-order chi connectivity index (χ0) is 19.3. The molecule has 1 atom stereocenters. The predicted molar refractivity (Wildman–Crippen MR) is 102 cm³/mol. The lowest BCUT2D eigenvalue weighted by Crippen LogP contribution is -2.32. The maximum Gasteiger partial charge on any atom is 0.255 e. The van der Waals surface area contributed by atoms with Crippen molar-refractivity contribution in [1.82, 2.24) is 4.72 Å². The Morgan fingerprint density at radius 1 is 1.15 bits per heavy atom. The summed E-state index contributed by atoms with van der Waals surface area (Å²) in [4.78, 5) is 12.5. The second kappa shape index (κ2) is 8.33. The highest BCUT2D eigenvalue weighted by molar-refractivity contribution is 7.89. The van der Waals surface area contributed by atoms with E-state index >= 15 is 0 Å². The van der Waals surface area contributed by atoms with E-state index in [2.05, 4.69) is 10.0 Å². The summed E-state index contributed by atoms with van der Waals surface area (Å²) in [6.45, 7) is 5.62. The van der Waals surface area contributed by atoms with Crippen molar-refractivity contribution >= 4 is 21.6 Å². The molecule has 0 aromatic heterocycles. The average molecular weight is 376 g/mol. The SMILES string of the molecule is CC[C@@H](C)NS(=O)(=O)c1ccc(OC)c(NC(=O)c2ccc(C)cc2)c1. The Morgan fingerprint density at radius 2 is 1.81 bits per heavy atom. The number of carbonyl (C=O) groups excluding carboxylic acids is 1. The normalized spacial score (nSPS) is 12.5. The molecule has 0 unspecified atom stereocenters. The minimum Gasteiger partial charge on any atom is -0.495 e. The molecule has 2 aromatic carbocycles. The molecule has 0 aliphatic carbocycles. The highest BCUT2D eigenvalue weighted by Gasteiger charge is 2.19. The highest BCUT2D eigenvalue weighted by atomic mass is 32.2. The molecule has 6 nitrogen and oxygen atoms in total. The first-order valence-corrected chi connectivity index (χ1v) is 9.83. The number of benzene rings is 2. The van der Waals surface area contributed by atoms with Crippen LogP contribution in [-0.2, 0) is 10.0 Å². The summed E-state index contributed by atoms with van der Waals surface area (Å²) in [5, 5.41) is 2.72. The molecule has 2 rings (SSSR count). The third-order valence-corrected chi connectivity index (χ3v) is 5.60. The van der Waals surface area contributed by atoms with Crippen LogP contribution in [0.2, 0.25) is 0 Å². The van der Waals surface area contributed by atoms with Gasteiger partial charge in [-0.1, -0.05) is 24.6 Å². The zero-order valence-electron chi connectivity index (χ0n) is 15.4. The van der Waals surface area contributed by atoms with E-state index in [0.29, 0.717) is 23.4 Å². The van der Waals surface area contributed by atoms with Gasteiger partial charge in [0.25, 0.3) is 5.91 Å². The lowest BCUT2D eigenvalue weighted by Gasteiger charge is -2.15. The minimum absolute atomic E-state index is 0.0674. The fraction of sp³-hybridized carbons (Fsp3) is 0.316. The first-order valence-electron chi connectivity index (χ1n) is 8.35. The molecule has 0 heterocycles. The molecular formula is C19H24N2O4S. The van der Waals surface area contributed by atoms with E-state index in [-0.39, 0.29) is 16.8 Å². The quantitative estimate of drug-likeness (QED) is 0.776. The Balaban J connectivity index is 2.32. The first kappa shape index (κ1) is 19.9. The van der Waals surface area contributed by atoms with Gasteiger partial charge in [-0.2, -0.15) is 0 Å². The minimum atomic E-state index is -3.68. The molecule has 7 heteroatoms. The van der Waals surface area contributed by atoms with Gasteiger partial charge in [0.15, 0.2) is 0 Å². The summed E-state index contributed by atoms with van der Waals surface area (Å²) < 4.78 is 32.8. The number of sulfonamides is 1. The Kier molecular flexibility index (Phi) is 6.39. The van der Waals surface area contributed by atoms with Gasteiger partial charge in [-0.3, -0.25) is 4.79 Å². The van der Waals surface area contributed by atoms with E-state index < -0.39 is 10.0 Å². The number of aryl methyl sites for hydroxylation is 1. The van der Waals surface area contributed by atoms with Crippen molar-refractivity contribution in [3.05, 3.63) is 53.6 Å². The molecule has 140 valence electrons. The van der Waals surface area contributed by atoms with Gasteiger partial charge in [0.1, 0.15) is 5.75 Å². The highest BCUT2D eigenvalue weighted by Crippen LogP contribution is 2.28. The molecule has 0 spiro atoms. The second-order valence-electron chi connectivity index (χ2n) is 6.11. The van der Waals surface area contributed by atoms with Crippen molar-refractivity contribution in [2.75, 3.05) is 12.4 Å². The molecule has 0 radical (unpaired) electrons. The number of hydrogen-bond donors (Lipinski definition) is 2. The van der Waals surface area contributed by atoms with Crippen LogP contribution in [0.5, 0.6) is 5.75 Å². The maximum absolute atomic E-state index is 12.5. The van der Waals surface area contributed by atoms with Crippen molar-refractivity contribution in [1.29, 1.82) is 0 Å². The van der Waals surface area contributed by atoms with Gasteiger partial charge in [-0.05, 0) is 50.6 Å². The van der Waals surface area contributed by atoms with Crippen molar-refractivity contribution in [2.24, 2.45) is 0 Å². The van der Waals surface area contributed by atoms with Crippen LogP contribution in [0.3, 0.4) is 0 Å². The Bertz CT molecular complexity index is 877. The summed E-state index contributed by atoms with van der Waals surface area (Å²) >= 11 is 0. The van der Waals surface area contributed by atoms with Gasteiger partial charge in [-0.15, -0.1) is 0 Å². The van der Waals surface area contributed by atoms with Crippen LogP contribution in [0.25, 0.3) is 0 Å². The van der Waals surface area contributed by atoms with E-state index in [1.807, 2.05) is 26.0 Å². The molecule has 0 saturated carbocycles. The molecule has 1 amide bonds.